The lowest BCUT2D eigenvalue weighted by Gasteiger charge is -2.08. The monoisotopic (exact) mass is 394 g/mol. The highest BCUT2D eigenvalue weighted by Gasteiger charge is 2.31. The number of amides is 2. The van der Waals surface area contributed by atoms with Gasteiger partial charge in [0.05, 0.1) is 13.2 Å². The van der Waals surface area contributed by atoms with Crippen LogP contribution in [-0.2, 0) is 9.47 Å². The minimum absolute atomic E-state index is 0.0851. The maximum absolute atomic E-state index is 12.3. The second-order valence-electron chi connectivity index (χ2n) is 5.26. The zero-order valence-corrected chi connectivity index (χ0v) is 15.8. The van der Waals surface area contributed by atoms with Crippen LogP contribution in [0.3, 0.4) is 0 Å². The third-order valence-corrected chi connectivity index (χ3v) is 3.62. The molecule has 144 valence electrons. The van der Waals surface area contributed by atoms with E-state index in [0.29, 0.717) is 10.7 Å². The van der Waals surface area contributed by atoms with E-state index >= 15 is 0 Å². The van der Waals surface area contributed by atoms with Gasteiger partial charge < -0.3 is 19.2 Å². The molecule has 0 fully saturated rings. The SMILES string of the molecule is CCOC(=O)c1c(C)oc(NC(=O)Nc2ccc(Cl)cc2)c1C(=O)OCC. The number of ether oxygens (including phenoxy) is 2. The van der Waals surface area contributed by atoms with Crippen molar-refractivity contribution in [3.63, 3.8) is 0 Å². The van der Waals surface area contributed by atoms with E-state index in [4.69, 9.17) is 25.5 Å². The summed E-state index contributed by atoms with van der Waals surface area (Å²) in [5.74, 6) is -1.63. The smallest absolute Gasteiger partial charge is 0.344 e. The second kappa shape index (κ2) is 9.09. The Bertz CT molecular complexity index is 844. The van der Waals surface area contributed by atoms with Crippen LogP contribution in [0.5, 0.6) is 0 Å². The summed E-state index contributed by atoms with van der Waals surface area (Å²) in [5, 5.41) is 5.49. The molecule has 2 aromatic rings. The third kappa shape index (κ3) is 5.01. The molecule has 0 unspecified atom stereocenters. The molecular formula is C18H19ClN2O6. The lowest BCUT2D eigenvalue weighted by Crippen LogP contribution is -2.21. The van der Waals surface area contributed by atoms with Gasteiger partial charge in [-0.15, -0.1) is 0 Å². The number of rotatable bonds is 6. The average molecular weight is 395 g/mol. The fraction of sp³-hybridized carbons (Fsp3) is 0.278. The summed E-state index contributed by atoms with van der Waals surface area (Å²) in [6.45, 7) is 4.94. The van der Waals surface area contributed by atoms with Crippen LogP contribution < -0.4 is 10.6 Å². The normalized spacial score (nSPS) is 10.2. The van der Waals surface area contributed by atoms with Crippen LogP contribution in [0.25, 0.3) is 0 Å². The number of hydrogen-bond acceptors (Lipinski definition) is 6. The summed E-state index contributed by atoms with van der Waals surface area (Å²) in [7, 11) is 0. The number of benzene rings is 1. The van der Waals surface area contributed by atoms with Crippen molar-refractivity contribution in [2.75, 3.05) is 23.8 Å². The Balaban J connectivity index is 2.30. The van der Waals surface area contributed by atoms with Crippen molar-refractivity contribution in [1.82, 2.24) is 0 Å². The van der Waals surface area contributed by atoms with Gasteiger partial charge in [0.25, 0.3) is 0 Å². The van der Waals surface area contributed by atoms with Crippen LogP contribution in [0.1, 0.15) is 40.3 Å². The van der Waals surface area contributed by atoms with Gasteiger partial charge in [0.2, 0.25) is 5.88 Å². The number of carbonyl (C=O) groups is 3. The fourth-order valence-corrected chi connectivity index (χ4v) is 2.40. The number of aryl methyl sites for hydroxylation is 1. The third-order valence-electron chi connectivity index (χ3n) is 3.37. The van der Waals surface area contributed by atoms with Crippen LogP contribution in [0.4, 0.5) is 16.4 Å². The Morgan fingerprint density at radius 1 is 0.963 bits per heavy atom. The number of esters is 2. The summed E-state index contributed by atoms with van der Waals surface area (Å²) in [4.78, 5) is 36.7. The van der Waals surface area contributed by atoms with Crippen LogP contribution in [0.15, 0.2) is 28.7 Å². The van der Waals surface area contributed by atoms with Crippen molar-refractivity contribution in [1.29, 1.82) is 0 Å². The molecule has 1 aromatic carbocycles. The molecule has 8 nitrogen and oxygen atoms in total. The molecule has 0 bridgehead atoms. The lowest BCUT2D eigenvalue weighted by atomic mass is 10.1. The maximum Gasteiger partial charge on any atom is 0.344 e. The predicted molar refractivity (Wildman–Crippen MR) is 99.5 cm³/mol. The van der Waals surface area contributed by atoms with Crippen LogP contribution in [-0.4, -0.2) is 31.2 Å². The predicted octanol–water partition coefficient (Wildman–Crippen LogP) is 4.24. The Kier molecular flexibility index (Phi) is 6.84. The zero-order valence-electron chi connectivity index (χ0n) is 15.1. The summed E-state index contributed by atoms with van der Waals surface area (Å²) in [5.41, 5.74) is 0.194. The number of furan rings is 1. The van der Waals surface area contributed by atoms with Gasteiger partial charge in [-0.05, 0) is 45.0 Å². The molecule has 2 rings (SSSR count). The highest BCUT2D eigenvalue weighted by atomic mass is 35.5. The van der Waals surface area contributed by atoms with Crippen molar-refractivity contribution >= 4 is 41.1 Å². The van der Waals surface area contributed by atoms with Gasteiger partial charge in [0.15, 0.2) is 0 Å². The minimum atomic E-state index is -0.806. The standard InChI is InChI=1S/C18H19ClN2O6/c1-4-25-16(22)13-10(3)27-15(14(13)17(23)26-5-2)21-18(24)20-12-8-6-11(19)7-9-12/h6-9H,4-5H2,1-3H3,(H2,20,21,24). The van der Waals surface area contributed by atoms with Crippen LogP contribution >= 0.6 is 11.6 Å². The molecule has 0 radical (unpaired) electrons. The Morgan fingerprint density at radius 2 is 1.52 bits per heavy atom. The first-order valence-corrected chi connectivity index (χ1v) is 8.56. The van der Waals surface area contributed by atoms with Crippen molar-refractivity contribution < 1.29 is 28.3 Å². The van der Waals surface area contributed by atoms with Crippen molar-refractivity contribution in [2.24, 2.45) is 0 Å². The summed E-state index contributed by atoms with van der Waals surface area (Å²) in [6.07, 6.45) is 0. The van der Waals surface area contributed by atoms with E-state index in [1.807, 2.05) is 0 Å². The van der Waals surface area contributed by atoms with Gasteiger partial charge in [-0.2, -0.15) is 0 Å². The number of carbonyl (C=O) groups excluding carboxylic acids is 3. The van der Waals surface area contributed by atoms with Gasteiger partial charge >= 0.3 is 18.0 Å². The van der Waals surface area contributed by atoms with Gasteiger partial charge in [0.1, 0.15) is 16.9 Å². The topological polar surface area (TPSA) is 107 Å². The first-order valence-electron chi connectivity index (χ1n) is 8.18. The van der Waals surface area contributed by atoms with Crippen molar-refractivity contribution in [3.05, 3.63) is 46.2 Å². The molecule has 2 N–H and O–H groups in total. The van der Waals surface area contributed by atoms with Crippen LogP contribution in [0.2, 0.25) is 5.02 Å². The van der Waals surface area contributed by atoms with Crippen LogP contribution in [0, 0.1) is 6.92 Å². The highest BCUT2D eigenvalue weighted by Crippen LogP contribution is 2.29. The zero-order chi connectivity index (χ0) is 20.0. The maximum atomic E-state index is 12.3. The lowest BCUT2D eigenvalue weighted by molar-refractivity contribution is 0.0480. The van der Waals surface area contributed by atoms with Crippen molar-refractivity contribution in [3.8, 4) is 0 Å². The van der Waals surface area contributed by atoms with E-state index in [1.54, 1.807) is 38.1 Å². The highest BCUT2D eigenvalue weighted by molar-refractivity contribution is 6.30. The molecule has 0 aliphatic carbocycles. The first kappa shape index (κ1) is 20.3. The number of anilines is 2. The summed E-state index contributed by atoms with van der Waals surface area (Å²) >= 11 is 5.80. The molecule has 2 amide bonds. The molecule has 0 aliphatic rings. The van der Waals surface area contributed by atoms with E-state index in [0.717, 1.165) is 0 Å². The van der Waals surface area contributed by atoms with Gasteiger partial charge in [-0.3, -0.25) is 5.32 Å². The minimum Gasteiger partial charge on any atom is -0.462 e. The average Bonchev–Trinajstić information content (AvgIpc) is 2.93. The molecule has 1 aromatic heterocycles. The van der Waals surface area contributed by atoms with Gasteiger partial charge in [-0.25, -0.2) is 14.4 Å². The van der Waals surface area contributed by atoms with E-state index in [2.05, 4.69) is 10.6 Å². The van der Waals surface area contributed by atoms with Crippen molar-refractivity contribution in [2.45, 2.75) is 20.8 Å². The summed E-state index contributed by atoms with van der Waals surface area (Å²) < 4.78 is 15.3. The molecule has 9 heteroatoms. The number of hydrogen-bond donors (Lipinski definition) is 2. The van der Waals surface area contributed by atoms with Gasteiger partial charge in [-0.1, -0.05) is 11.6 Å². The van der Waals surface area contributed by atoms with E-state index in [1.165, 1.54) is 6.92 Å². The number of nitrogens with one attached hydrogen (secondary N) is 2. The molecule has 0 saturated carbocycles. The molecule has 0 aliphatic heterocycles. The molecule has 27 heavy (non-hydrogen) atoms. The van der Waals surface area contributed by atoms with Gasteiger partial charge in [0, 0.05) is 10.7 Å². The fourth-order valence-electron chi connectivity index (χ4n) is 2.28. The van der Waals surface area contributed by atoms with E-state index < -0.39 is 18.0 Å². The molecule has 0 saturated heterocycles. The second-order valence-corrected chi connectivity index (χ2v) is 5.70. The Hall–Kier alpha value is -3.00. The van der Waals surface area contributed by atoms with E-state index in [-0.39, 0.29) is 36.0 Å². The summed E-state index contributed by atoms with van der Waals surface area (Å²) in [6, 6.07) is 5.75. The largest absolute Gasteiger partial charge is 0.462 e. The quantitative estimate of drug-likeness (QED) is 0.709. The van der Waals surface area contributed by atoms with E-state index in [9.17, 15) is 14.4 Å². The Morgan fingerprint density at radius 3 is 2.07 bits per heavy atom. The molecule has 0 atom stereocenters. The number of urea groups is 1. The molecule has 1 heterocycles. The molecular weight excluding hydrogens is 376 g/mol. The Labute approximate surface area is 160 Å². The first-order chi connectivity index (χ1) is 12.9. The number of halogens is 1. The molecule has 0 spiro atoms.